The minimum Gasteiger partial charge on any atom is -0.390 e. The van der Waals surface area contributed by atoms with Crippen LogP contribution >= 0.6 is 12.6 Å². The summed E-state index contributed by atoms with van der Waals surface area (Å²) in [5, 5.41) is 10.1. The maximum Gasteiger partial charge on any atom is 0.501 e. The molecule has 0 aromatic rings. The Hall–Kier alpha value is 0.407. The first-order chi connectivity index (χ1) is 7.44. The normalized spacial score (nSPS) is 36.0. The van der Waals surface area contributed by atoms with Crippen molar-refractivity contribution in [2.24, 2.45) is 0 Å². The maximum absolute atomic E-state index is 10.1. The Balaban J connectivity index is 2.90. The highest BCUT2D eigenvalue weighted by Crippen LogP contribution is 2.39. The first-order valence-corrected chi connectivity index (χ1v) is 8.05. The average Bonchev–Trinajstić information content (AvgIpc) is 2.32. The van der Waals surface area contributed by atoms with Crippen LogP contribution < -0.4 is 0 Å². The minimum atomic E-state index is -2.60. The molecule has 0 amide bonds. The van der Waals surface area contributed by atoms with Gasteiger partial charge in [0.25, 0.3) is 0 Å². The van der Waals surface area contributed by atoms with E-state index in [0.29, 0.717) is 6.42 Å². The molecule has 0 aromatic heterocycles. The van der Waals surface area contributed by atoms with E-state index in [4.69, 9.17) is 13.3 Å². The molecular formula is C10H22O4SSi. The fraction of sp³-hybridized carbons (Fsp3) is 1.00. The monoisotopic (exact) mass is 266 g/mol. The predicted octanol–water partition coefficient (Wildman–Crippen LogP) is 1.47. The molecule has 16 heavy (non-hydrogen) atoms. The van der Waals surface area contributed by atoms with Crippen molar-refractivity contribution in [3.63, 3.8) is 0 Å². The van der Waals surface area contributed by atoms with Gasteiger partial charge >= 0.3 is 8.80 Å². The molecule has 0 radical (unpaired) electrons. The van der Waals surface area contributed by atoms with Crippen LogP contribution in [0.15, 0.2) is 0 Å². The average molecular weight is 266 g/mol. The van der Waals surface area contributed by atoms with Crippen LogP contribution in [-0.4, -0.2) is 45.1 Å². The molecule has 1 N–H and O–H groups in total. The Morgan fingerprint density at radius 2 is 2.12 bits per heavy atom. The largest absolute Gasteiger partial charge is 0.501 e. The fourth-order valence-electron chi connectivity index (χ4n) is 2.12. The molecule has 1 saturated heterocycles. The molecule has 0 aromatic carbocycles. The highest BCUT2D eigenvalue weighted by molar-refractivity contribution is 7.81. The first kappa shape index (κ1) is 14.5. The van der Waals surface area contributed by atoms with E-state index in [2.05, 4.69) is 12.6 Å². The molecule has 1 fully saturated rings. The van der Waals surface area contributed by atoms with E-state index in [1.54, 1.807) is 14.2 Å². The van der Waals surface area contributed by atoms with Gasteiger partial charge in [0.1, 0.15) is 0 Å². The van der Waals surface area contributed by atoms with Gasteiger partial charge in [0, 0.05) is 25.5 Å². The zero-order valence-electron chi connectivity index (χ0n) is 10.4. The van der Waals surface area contributed by atoms with Gasteiger partial charge in [-0.25, -0.2) is 0 Å². The van der Waals surface area contributed by atoms with Crippen molar-refractivity contribution < 1.29 is 18.4 Å². The second-order valence-corrected chi connectivity index (χ2v) is 7.87. The summed E-state index contributed by atoms with van der Waals surface area (Å²) >= 11 is 4.52. The lowest BCUT2D eigenvalue weighted by atomic mass is 9.91. The third kappa shape index (κ3) is 2.47. The summed E-state index contributed by atoms with van der Waals surface area (Å²) in [6.07, 6.45) is 0.920. The zero-order valence-corrected chi connectivity index (χ0v) is 12.3. The Morgan fingerprint density at radius 3 is 2.56 bits per heavy atom. The van der Waals surface area contributed by atoms with Crippen LogP contribution in [0.3, 0.4) is 0 Å². The Bertz CT molecular complexity index is 231. The summed E-state index contributed by atoms with van der Waals surface area (Å²) in [6.45, 7) is 3.81. The number of rotatable bonds is 4. The van der Waals surface area contributed by atoms with E-state index >= 15 is 0 Å². The molecule has 6 heteroatoms. The molecule has 3 unspecified atom stereocenters. The number of aliphatic hydroxyl groups is 1. The SMILES string of the molecule is CCC(O)C1(C)O[Si](OC)(OC)CCC1S. The van der Waals surface area contributed by atoms with Gasteiger partial charge in [0.05, 0.1) is 11.7 Å². The molecule has 1 rings (SSSR count). The van der Waals surface area contributed by atoms with Gasteiger partial charge < -0.3 is 18.4 Å². The quantitative estimate of drug-likeness (QED) is 0.597. The molecule has 4 nitrogen and oxygen atoms in total. The third-order valence-corrected chi connectivity index (χ3v) is 7.10. The Kier molecular flexibility index (Phi) is 4.85. The van der Waals surface area contributed by atoms with Gasteiger partial charge in [0.15, 0.2) is 0 Å². The first-order valence-electron chi connectivity index (χ1n) is 5.60. The smallest absolute Gasteiger partial charge is 0.390 e. The molecule has 3 atom stereocenters. The van der Waals surface area contributed by atoms with Crippen LogP contribution in [0.4, 0.5) is 0 Å². The molecular weight excluding hydrogens is 244 g/mol. The number of hydrogen-bond donors (Lipinski definition) is 2. The predicted molar refractivity (Wildman–Crippen MR) is 67.8 cm³/mol. The van der Waals surface area contributed by atoms with E-state index in [-0.39, 0.29) is 5.25 Å². The molecule has 0 aliphatic carbocycles. The van der Waals surface area contributed by atoms with Crippen molar-refractivity contribution in [1.82, 2.24) is 0 Å². The van der Waals surface area contributed by atoms with E-state index in [0.717, 1.165) is 12.5 Å². The van der Waals surface area contributed by atoms with Gasteiger partial charge in [-0.3, -0.25) is 0 Å². The number of hydrogen-bond acceptors (Lipinski definition) is 5. The van der Waals surface area contributed by atoms with E-state index in [9.17, 15) is 5.11 Å². The second-order valence-electron chi connectivity index (χ2n) is 4.36. The Labute approximate surface area is 104 Å². The topological polar surface area (TPSA) is 47.9 Å². The van der Waals surface area contributed by atoms with Gasteiger partial charge in [-0.15, -0.1) is 0 Å². The highest BCUT2D eigenvalue weighted by atomic mass is 32.1. The molecule has 0 spiro atoms. The molecule has 1 heterocycles. The second kappa shape index (κ2) is 5.37. The molecule has 0 saturated carbocycles. The molecule has 1 aliphatic heterocycles. The minimum absolute atomic E-state index is 0.00775. The van der Waals surface area contributed by atoms with Crippen LogP contribution in [-0.2, 0) is 13.3 Å². The standard InChI is InChI=1S/C10H22O4SSi/c1-5-8(11)10(2)9(15)6-7-16(12-3,13-4)14-10/h8-9,11,15H,5-7H2,1-4H3. The Morgan fingerprint density at radius 1 is 1.56 bits per heavy atom. The summed E-state index contributed by atoms with van der Waals surface area (Å²) in [4.78, 5) is 0. The van der Waals surface area contributed by atoms with Crippen LogP contribution in [0.1, 0.15) is 26.7 Å². The van der Waals surface area contributed by atoms with E-state index in [1.165, 1.54) is 0 Å². The van der Waals surface area contributed by atoms with E-state index < -0.39 is 20.5 Å². The van der Waals surface area contributed by atoms with Crippen molar-refractivity contribution in [3.8, 4) is 0 Å². The summed E-state index contributed by atoms with van der Waals surface area (Å²) in [5.41, 5.74) is -0.686. The summed E-state index contributed by atoms with van der Waals surface area (Å²) in [5.74, 6) is 0. The highest BCUT2D eigenvalue weighted by Gasteiger charge is 2.55. The van der Waals surface area contributed by atoms with Gasteiger partial charge in [-0.2, -0.15) is 12.6 Å². The molecule has 96 valence electrons. The fourth-order valence-corrected chi connectivity index (χ4v) is 5.25. The summed E-state index contributed by atoms with van der Waals surface area (Å²) in [7, 11) is 0.613. The summed E-state index contributed by atoms with van der Waals surface area (Å²) < 4.78 is 16.8. The lowest BCUT2D eigenvalue weighted by Crippen LogP contribution is -2.62. The van der Waals surface area contributed by atoms with Crippen LogP contribution in [0.25, 0.3) is 0 Å². The summed E-state index contributed by atoms with van der Waals surface area (Å²) in [6, 6.07) is 0.750. The molecule has 0 bridgehead atoms. The number of aliphatic hydroxyl groups excluding tert-OH is 1. The van der Waals surface area contributed by atoms with Gasteiger partial charge in [-0.05, 0) is 19.8 Å². The number of thiol groups is 1. The maximum atomic E-state index is 10.1. The lowest BCUT2D eigenvalue weighted by Gasteiger charge is -2.48. The lowest BCUT2D eigenvalue weighted by molar-refractivity contribution is -0.0975. The van der Waals surface area contributed by atoms with Crippen LogP contribution in [0.5, 0.6) is 0 Å². The van der Waals surface area contributed by atoms with Crippen molar-refractivity contribution >= 4 is 21.4 Å². The van der Waals surface area contributed by atoms with Crippen molar-refractivity contribution in [3.05, 3.63) is 0 Å². The van der Waals surface area contributed by atoms with Gasteiger partial charge in [-0.1, -0.05) is 6.92 Å². The third-order valence-electron chi connectivity index (χ3n) is 3.43. The van der Waals surface area contributed by atoms with Crippen molar-refractivity contribution in [2.75, 3.05) is 14.2 Å². The van der Waals surface area contributed by atoms with Crippen molar-refractivity contribution in [1.29, 1.82) is 0 Å². The van der Waals surface area contributed by atoms with Crippen LogP contribution in [0, 0.1) is 0 Å². The molecule has 1 aliphatic rings. The van der Waals surface area contributed by atoms with E-state index in [1.807, 2.05) is 13.8 Å². The van der Waals surface area contributed by atoms with Crippen LogP contribution in [0.2, 0.25) is 6.04 Å². The van der Waals surface area contributed by atoms with Gasteiger partial charge in [0.2, 0.25) is 0 Å². The zero-order chi connectivity index (χ0) is 12.4. The van der Waals surface area contributed by atoms with Crippen molar-refractivity contribution in [2.45, 2.75) is 49.7 Å².